The van der Waals surface area contributed by atoms with Crippen molar-refractivity contribution < 1.29 is 9.53 Å². The number of fused-ring (bicyclic) bond motifs is 1. The Morgan fingerprint density at radius 2 is 1.85 bits per heavy atom. The zero-order valence-corrected chi connectivity index (χ0v) is 19.3. The summed E-state index contributed by atoms with van der Waals surface area (Å²) < 4.78 is 7.55. The third-order valence-electron chi connectivity index (χ3n) is 5.50. The van der Waals surface area contributed by atoms with E-state index < -0.39 is 0 Å². The van der Waals surface area contributed by atoms with Gasteiger partial charge in [0.2, 0.25) is 0 Å². The lowest BCUT2D eigenvalue weighted by atomic mass is 10.2. The molecular weight excluding hydrogens is 414 g/mol. The minimum atomic E-state index is -0.313. The van der Waals surface area contributed by atoms with Gasteiger partial charge < -0.3 is 19.9 Å². The number of urea groups is 1. The van der Waals surface area contributed by atoms with Gasteiger partial charge >= 0.3 is 6.03 Å². The molecule has 2 aromatic heterocycles. The van der Waals surface area contributed by atoms with Crippen molar-refractivity contribution in [1.82, 2.24) is 14.5 Å². The van der Waals surface area contributed by atoms with E-state index in [1.165, 1.54) is 0 Å². The molecule has 0 fully saturated rings. The molecule has 2 aromatic carbocycles. The molecule has 0 aliphatic carbocycles. The molecule has 0 aliphatic heterocycles. The number of hydrogen-bond acceptors (Lipinski definition) is 4. The highest BCUT2D eigenvalue weighted by atomic mass is 16.5. The number of unbranched alkanes of at least 4 members (excludes halogenated alkanes) is 1. The lowest BCUT2D eigenvalue weighted by molar-refractivity contribution is 0.262. The van der Waals surface area contributed by atoms with Crippen LogP contribution in [0, 0.1) is 6.92 Å². The lowest BCUT2D eigenvalue weighted by Crippen LogP contribution is -2.20. The Kier molecular flexibility index (Phi) is 6.88. The van der Waals surface area contributed by atoms with E-state index in [0.29, 0.717) is 12.2 Å². The number of imidazole rings is 1. The van der Waals surface area contributed by atoms with Crippen LogP contribution in [0.25, 0.3) is 11.2 Å². The fraction of sp³-hybridized carbons (Fsp3) is 0.269. The SMILES string of the molecule is CCCCc1nc2cc(NC(=O)Nc3ccccc3)c(C)nc2n1Cc1cccc(OC)c1. The number of carbonyl (C=O) groups is 1. The standard InChI is InChI=1S/C26H29N5O2/c1-4-5-14-24-29-23-16-22(30-26(32)28-20-11-7-6-8-12-20)18(2)27-25(23)31(24)17-19-10-9-13-21(15-19)33-3/h6-13,15-16H,4-5,14,17H2,1-3H3,(H2,28,30,32). The third kappa shape index (κ3) is 5.31. The Balaban J connectivity index is 1.64. The van der Waals surface area contributed by atoms with Crippen molar-refractivity contribution in [3.8, 4) is 5.75 Å². The summed E-state index contributed by atoms with van der Waals surface area (Å²) in [5, 5.41) is 5.75. The summed E-state index contributed by atoms with van der Waals surface area (Å²) >= 11 is 0. The minimum absolute atomic E-state index is 0.313. The fourth-order valence-electron chi connectivity index (χ4n) is 3.76. The monoisotopic (exact) mass is 443 g/mol. The van der Waals surface area contributed by atoms with Crippen LogP contribution in [0.3, 0.4) is 0 Å². The normalized spacial score (nSPS) is 10.9. The Bertz CT molecular complexity index is 1250. The zero-order chi connectivity index (χ0) is 23.2. The number of nitrogens with zero attached hydrogens (tertiary/aromatic N) is 3. The maximum atomic E-state index is 12.5. The number of ether oxygens (including phenoxy) is 1. The zero-order valence-electron chi connectivity index (χ0n) is 19.3. The van der Waals surface area contributed by atoms with E-state index in [-0.39, 0.29) is 6.03 Å². The first-order chi connectivity index (χ1) is 16.1. The molecule has 0 atom stereocenters. The van der Waals surface area contributed by atoms with Crippen LogP contribution in [-0.2, 0) is 13.0 Å². The number of aryl methyl sites for hydroxylation is 2. The third-order valence-corrected chi connectivity index (χ3v) is 5.50. The molecule has 7 nitrogen and oxygen atoms in total. The fourth-order valence-corrected chi connectivity index (χ4v) is 3.76. The number of amides is 2. The first-order valence-corrected chi connectivity index (χ1v) is 11.2. The van der Waals surface area contributed by atoms with E-state index in [2.05, 4.69) is 28.2 Å². The topological polar surface area (TPSA) is 81.1 Å². The number of para-hydroxylation sites is 1. The second-order valence-corrected chi connectivity index (χ2v) is 7.98. The average Bonchev–Trinajstić information content (AvgIpc) is 3.14. The van der Waals surface area contributed by atoms with Gasteiger partial charge in [0.15, 0.2) is 5.65 Å². The van der Waals surface area contributed by atoms with Gasteiger partial charge in [0.1, 0.15) is 17.1 Å². The van der Waals surface area contributed by atoms with E-state index in [1.807, 2.05) is 61.5 Å². The summed E-state index contributed by atoms with van der Waals surface area (Å²) in [6.45, 7) is 4.72. The largest absolute Gasteiger partial charge is 0.497 e. The van der Waals surface area contributed by atoms with Crippen LogP contribution in [-0.4, -0.2) is 27.7 Å². The van der Waals surface area contributed by atoms with Gasteiger partial charge in [0, 0.05) is 12.1 Å². The van der Waals surface area contributed by atoms with Crippen LogP contribution >= 0.6 is 0 Å². The number of rotatable bonds is 8. The Morgan fingerprint density at radius 3 is 2.61 bits per heavy atom. The van der Waals surface area contributed by atoms with Gasteiger partial charge in [-0.15, -0.1) is 0 Å². The van der Waals surface area contributed by atoms with Crippen molar-refractivity contribution in [1.29, 1.82) is 0 Å². The second-order valence-electron chi connectivity index (χ2n) is 7.98. The molecule has 0 aliphatic rings. The average molecular weight is 444 g/mol. The van der Waals surface area contributed by atoms with Crippen LogP contribution in [0.2, 0.25) is 0 Å². The minimum Gasteiger partial charge on any atom is -0.497 e. The van der Waals surface area contributed by atoms with Crippen molar-refractivity contribution in [2.45, 2.75) is 39.7 Å². The Hall–Kier alpha value is -3.87. The van der Waals surface area contributed by atoms with Gasteiger partial charge in [-0.2, -0.15) is 0 Å². The Morgan fingerprint density at radius 1 is 1.03 bits per heavy atom. The second kappa shape index (κ2) is 10.2. The molecule has 2 heterocycles. The van der Waals surface area contributed by atoms with Crippen molar-refractivity contribution in [3.63, 3.8) is 0 Å². The molecule has 2 N–H and O–H groups in total. The van der Waals surface area contributed by atoms with E-state index >= 15 is 0 Å². The number of benzene rings is 2. The van der Waals surface area contributed by atoms with Crippen LogP contribution in [0.4, 0.5) is 16.2 Å². The molecule has 33 heavy (non-hydrogen) atoms. The molecule has 0 saturated heterocycles. The molecule has 0 radical (unpaired) electrons. The first kappa shape index (κ1) is 22.3. The molecule has 0 unspecified atom stereocenters. The number of pyridine rings is 1. The highest BCUT2D eigenvalue weighted by molar-refractivity contribution is 6.00. The molecule has 7 heteroatoms. The maximum Gasteiger partial charge on any atom is 0.323 e. The lowest BCUT2D eigenvalue weighted by Gasteiger charge is -2.12. The number of anilines is 2. The molecule has 0 bridgehead atoms. The molecule has 2 amide bonds. The number of carbonyl (C=O) groups excluding carboxylic acids is 1. The number of aromatic nitrogens is 3. The van der Waals surface area contributed by atoms with Crippen molar-refractivity contribution >= 4 is 28.6 Å². The number of methoxy groups -OCH3 is 1. The summed E-state index contributed by atoms with van der Waals surface area (Å²) in [4.78, 5) is 22.2. The summed E-state index contributed by atoms with van der Waals surface area (Å²) in [5.74, 6) is 1.82. The molecule has 0 saturated carbocycles. The number of hydrogen-bond donors (Lipinski definition) is 2. The van der Waals surface area contributed by atoms with Gasteiger partial charge in [-0.3, -0.25) is 0 Å². The Labute approximate surface area is 193 Å². The van der Waals surface area contributed by atoms with Gasteiger partial charge in [-0.05, 0) is 49.2 Å². The first-order valence-electron chi connectivity index (χ1n) is 11.2. The highest BCUT2D eigenvalue weighted by Gasteiger charge is 2.16. The summed E-state index contributed by atoms with van der Waals surface area (Å²) in [7, 11) is 1.67. The van der Waals surface area contributed by atoms with Gasteiger partial charge in [0.05, 0.1) is 25.0 Å². The maximum absolute atomic E-state index is 12.5. The molecule has 4 aromatic rings. The summed E-state index contributed by atoms with van der Waals surface area (Å²) in [5.41, 5.74) is 4.81. The van der Waals surface area contributed by atoms with E-state index in [0.717, 1.165) is 58.9 Å². The molecule has 4 rings (SSSR count). The molecule has 170 valence electrons. The smallest absolute Gasteiger partial charge is 0.323 e. The van der Waals surface area contributed by atoms with Gasteiger partial charge in [-0.1, -0.05) is 43.7 Å². The predicted octanol–water partition coefficient (Wildman–Crippen LogP) is 5.78. The van der Waals surface area contributed by atoms with Gasteiger partial charge in [0.25, 0.3) is 0 Å². The van der Waals surface area contributed by atoms with Gasteiger partial charge in [-0.25, -0.2) is 14.8 Å². The van der Waals surface area contributed by atoms with E-state index in [1.54, 1.807) is 7.11 Å². The predicted molar refractivity (Wildman–Crippen MR) is 132 cm³/mol. The van der Waals surface area contributed by atoms with Crippen LogP contribution in [0.5, 0.6) is 5.75 Å². The van der Waals surface area contributed by atoms with E-state index in [4.69, 9.17) is 14.7 Å². The highest BCUT2D eigenvalue weighted by Crippen LogP contribution is 2.24. The van der Waals surface area contributed by atoms with Crippen molar-refractivity contribution in [3.05, 3.63) is 77.7 Å². The number of nitrogens with one attached hydrogen (secondary N) is 2. The molecular formula is C26H29N5O2. The van der Waals surface area contributed by atoms with Crippen molar-refractivity contribution in [2.24, 2.45) is 0 Å². The molecule has 0 spiro atoms. The van der Waals surface area contributed by atoms with Crippen molar-refractivity contribution in [2.75, 3.05) is 17.7 Å². The van der Waals surface area contributed by atoms with Crippen LogP contribution in [0.15, 0.2) is 60.7 Å². The summed E-state index contributed by atoms with van der Waals surface area (Å²) in [6.07, 6.45) is 3.00. The van der Waals surface area contributed by atoms with E-state index in [9.17, 15) is 4.79 Å². The summed E-state index contributed by atoms with van der Waals surface area (Å²) in [6, 6.07) is 19.0. The van der Waals surface area contributed by atoms with Crippen LogP contribution in [0.1, 0.15) is 36.8 Å². The van der Waals surface area contributed by atoms with Crippen LogP contribution < -0.4 is 15.4 Å². The quantitative estimate of drug-likeness (QED) is 0.361.